The number of fused-ring (bicyclic) bond motifs is 1. The third-order valence-corrected chi connectivity index (χ3v) is 8.06. The maximum absolute atomic E-state index is 13.0. The van der Waals surface area contributed by atoms with Crippen LogP contribution >= 0.6 is 11.3 Å². The van der Waals surface area contributed by atoms with Crippen molar-refractivity contribution in [3.05, 3.63) is 58.3 Å². The van der Waals surface area contributed by atoms with Crippen molar-refractivity contribution in [2.75, 3.05) is 5.32 Å². The van der Waals surface area contributed by atoms with Crippen molar-refractivity contribution >= 4 is 40.1 Å². The fraction of sp³-hybridized carbons (Fsp3) is 0.444. The minimum absolute atomic E-state index is 0.00440. The highest BCUT2D eigenvalue weighted by Crippen LogP contribution is 2.38. The molecule has 1 aliphatic rings. The molecule has 0 saturated heterocycles. The summed E-state index contributed by atoms with van der Waals surface area (Å²) in [6.45, 7) is 12.9. The molecule has 1 saturated carbocycles. The number of amides is 2. The van der Waals surface area contributed by atoms with Crippen molar-refractivity contribution < 1.29 is 18.4 Å². The van der Waals surface area contributed by atoms with Crippen LogP contribution in [0.2, 0.25) is 0 Å². The number of anilines is 1. The number of halogens is 2. The largest absolute Gasteiger partial charge is 0.350 e. The fourth-order valence-corrected chi connectivity index (χ4v) is 4.98. The Kier molecular flexibility index (Phi) is 7.80. The molecule has 0 aliphatic heterocycles. The Balaban J connectivity index is 1.60. The number of aromatic nitrogens is 2. The quantitative estimate of drug-likeness (QED) is 0.305. The first kappa shape index (κ1) is 26.9. The smallest absolute Gasteiger partial charge is 0.272 e. The van der Waals surface area contributed by atoms with Crippen LogP contribution in [0, 0.1) is 5.41 Å². The second-order valence-corrected chi connectivity index (χ2v) is 11.7. The molecule has 1 atom stereocenters. The van der Waals surface area contributed by atoms with Gasteiger partial charge in [0.2, 0.25) is 11.9 Å². The van der Waals surface area contributed by atoms with Crippen LogP contribution in [0.15, 0.2) is 43.0 Å². The summed E-state index contributed by atoms with van der Waals surface area (Å²) in [5.41, 5.74) is 2.78. The number of carbonyl (C=O) groups is 2. The molecule has 2 amide bonds. The van der Waals surface area contributed by atoms with Crippen molar-refractivity contribution in [3.63, 3.8) is 0 Å². The first-order valence-electron chi connectivity index (χ1n) is 12.3. The molecule has 2 aromatic heterocycles. The van der Waals surface area contributed by atoms with Crippen LogP contribution in [0.1, 0.15) is 73.1 Å². The summed E-state index contributed by atoms with van der Waals surface area (Å²) in [4.78, 5) is 29.4. The Labute approximate surface area is 219 Å². The highest BCUT2D eigenvalue weighted by molar-refractivity contribution is 7.14. The SMILES string of the molecule is C=CC(=O)N[C@H]1C[C@@H](n2c(NC(=O)c3ccc(C(F)F)s3)nc3cc(CN[C@@H](C)C(C)(C)C)ccc32)C1. The number of nitrogens with zero attached hydrogens (tertiary/aromatic N) is 2. The topological polar surface area (TPSA) is 88.1 Å². The molecule has 0 unspecified atom stereocenters. The van der Waals surface area contributed by atoms with Gasteiger partial charge in [-0.05, 0) is 61.1 Å². The standard InChI is InChI=1S/C27H33F2N5O2S/c1-6-23(35)31-17-12-18(13-17)34-20-8-7-16(14-30-15(2)27(3,4)5)11-19(20)32-26(34)33-25(36)22-10-9-21(37-22)24(28)29/h6-11,15,17-18,24,30H,1,12-14H2,2-5H3,(H,31,35)(H,32,33,36)/t15-,17-,18+/m0/s1. The maximum Gasteiger partial charge on any atom is 0.272 e. The number of rotatable bonds is 9. The van der Waals surface area contributed by atoms with E-state index in [2.05, 4.69) is 50.2 Å². The number of thiophene rings is 1. The van der Waals surface area contributed by atoms with E-state index in [9.17, 15) is 18.4 Å². The van der Waals surface area contributed by atoms with E-state index < -0.39 is 12.3 Å². The molecule has 1 aromatic carbocycles. The van der Waals surface area contributed by atoms with Crippen LogP contribution in [0.25, 0.3) is 11.0 Å². The third kappa shape index (κ3) is 6.07. The zero-order valence-corrected chi connectivity index (χ0v) is 22.3. The molecule has 0 radical (unpaired) electrons. The fourth-order valence-electron chi connectivity index (χ4n) is 4.22. The normalized spacial score (nSPS) is 18.5. The van der Waals surface area contributed by atoms with Crippen molar-refractivity contribution in [1.82, 2.24) is 20.2 Å². The number of imidazole rings is 1. The minimum Gasteiger partial charge on any atom is -0.350 e. The molecular formula is C27H33F2N5O2S. The molecule has 10 heteroatoms. The predicted molar refractivity (Wildman–Crippen MR) is 143 cm³/mol. The maximum atomic E-state index is 13.0. The van der Waals surface area contributed by atoms with E-state index in [0.717, 1.165) is 27.9 Å². The second kappa shape index (κ2) is 10.7. The van der Waals surface area contributed by atoms with Gasteiger partial charge >= 0.3 is 0 Å². The average molecular weight is 530 g/mol. The number of benzene rings is 1. The van der Waals surface area contributed by atoms with Crippen LogP contribution in [0.4, 0.5) is 14.7 Å². The highest BCUT2D eigenvalue weighted by Gasteiger charge is 2.34. The molecule has 37 heavy (non-hydrogen) atoms. The summed E-state index contributed by atoms with van der Waals surface area (Å²) in [6, 6.07) is 9.02. The average Bonchev–Trinajstić information content (AvgIpc) is 3.44. The van der Waals surface area contributed by atoms with Gasteiger partial charge in [-0.15, -0.1) is 11.3 Å². The van der Waals surface area contributed by atoms with Gasteiger partial charge in [0.1, 0.15) is 0 Å². The van der Waals surface area contributed by atoms with Gasteiger partial charge in [-0.1, -0.05) is 33.4 Å². The van der Waals surface area contributed by atoms with Crippen LogP contribution in [-0.4, -0.2) is 33.4 Å². The second-order valence-electron chi connectivity index (χ2n) is 10.6. The van der Waals surface area contributed by atoms with Crippen molar-refractivity contribution in [2.45, 2.75) is 71.6 Å². The van der Waals surface area contributed by atoms with E-state index in [-0.39, 0.29) is 33.2 Å². The highest BCUT2D eigenvalue weighted by atomic mass is 32.1. The monoisotopic (exact) mass is 529 g/mol. The summed E-state index contributed by atoms with van der Waals surface area (Å²) in [5.74, 6) is -0.342. The van der Waals surface area contributed by atoms with E-state index in [1.165, 1.54) is 18.2 Å². The predicted octanol–water partition coefficient (Wildman–Crippen LogP) is 5.82. The van der Waals surface area contributed by atoms with Gasteiger partial charge in [-0.25, -0.2) is 13.8 Å². The Morgan fingerprint density at radius 2 is 1.97 bits per heavy atom. The van der Waals surface area contributed by atoms with Crippen molar-refractivity contribution in [3.8, 4) is 0 Å². The van der Waals surface area contributed by atoms with E-state index in [0.29, 0.717) is 31.4 Å². The molecule has 0 spiro atoms. The number of carbonyl (C=O) groups excluding carboxylic acids is 2. The Hall–Kier alpha value is -3.11. The van der Waals surface area contributed by atoms with Crippen LogP contribution < -0.4 is 16.0 Å². The molecule has 0 bridgehead atoms. The summed E-state index contributed by atoms with van der Waals surface area (Å²) < 4.78 is 28.0. The van der Waals surface area contributed by atoms with Gasteiger partial charge in [0.25, 0.3) is 12.3 Å². The number of hydrogen-bond donors (Lipinski definition) is 3. The van der Waals surface area contributed by atoms with E-state index in [1.54, 1.807) is 0 Å². The van der Waals surface area contributed by atoms with Gasteiger partial charge in [-0.3, -0.25) is 14.9 Å². The summed E-state index contributed by atoms with van der Waals surface area (Å²) in [6.07, 6.45) is -0.0260. The van der Waals surface area contributed by atoms with Crippen LogP contribution in [0.3, 0.4) is 0 Å². The van der Waals surface area contributed by atoms with Crippen LogP contribution in [0.5, 0.6) is 0 Å². The minimum atomic E-state index is -2.62. The molecule has 198 valence electrons. The molecule has 1 fully saturated rings. The van der Waals surface area contributed by atoms with Gasteiger partial charge in [-0.2, -0.15) is 0 Å². The summed E-state index contributed by atoms with van der Waals surface area (Å²) >= 11 is 0.768. The van der Waals surface area contributed by atoms with Crippen LogP contribution in [-0.2, 0) is 11.3 Å². The Morgan fingerprint density at radius 3 is 2.59 bits per heavy atom. The molecule has 1 aliphatic carbocycles. The number of hydrogen-bond acceptors (Lipinski definition) is 5. The number of alkyl halides is 2. The third-order valence-electron chi connectivity index (χ3n) is 6.97. The lowest BCUT2D eigenvalue weighted by Gasteiger charge is -2.37. The lowest BCUT2D eigenvalue weighted by Crippen LogP contribution is -2.44. The number of nitrogens with one attached hydrogen (secondary N) is 3. The lowest BCUT2D eigenvalue weighted by atomic mass is 9.86. The van der Waals surface area contributed by atoms with E-state index in [4.69, 9.17) is 4.98 Å². The Morgan fingerprint density at radius 1 is 1.24 bits per heavy atom. The zero-order valence-electron chi connectivity index (χ0n) is 21.5. The first-order chi connectivity index (χ1) is 17.5. The molecule has 3 aromatic rings. The molecular weight excluding hydrogens is 496 g/mol. The Bertz CT molecular complexity index is 1300. The molecule has 4 rings (SSSR count). The summed E-state index contributed by atoms with van der Waals surface area (Å²) in [5, 5.41) is 9.28. The van der Waals surface area contributed by atoms with Crippen molar-refractivity contribution in [1.29, 1.82) is 0 Å². The molecule has 2 heterocycles. The van der Waals surface area contributed by atoms with E-state index in [1.807, 2.05) is 22.8 Å². The van der Waals surface area contributed by atoms with Crippen molar-refractivity contribution in [2.24, 2.45) is 5.41 Å². The van der Waals surface area contributed by atoms with Gasteiger partial charge < -0.3 is 15.2 Å². The zero-order chi connectivity index (χ0) is 26.9. The van der Waals surface area contributed by atoms with Gasteiger partial charge in [0.05, 0.1) is 20.8 Å². The first-order valence-corrected chi connectivity index (χ1v) is 13.1. The lowest BCUT2D eigenvalue weighted by molar-refractivity contribution is -0.117. The van der Waals surface area contributed by atoms with Gasteiger partial charge in [0.15, 0.2) is 0 Å². The van der Waals surface area contributed by atoms with E-state index >= 15 is 0 Å². The summed E-state index contributed by atoms with van der Waals surface area (Å²) in [7, 11) is 0. The molecule has 7 nitrogen and oxygen atoms in total. The molecule has 3 N–H and O–H groups in total. The van der Waals surface area contributed by atoms with Gasteiger partial charge in [0, 0.05) is 24.7 Å².